The van der Waals surface area contributed by atoms with Crippen molar-refractivity contribution in [1.29, 1.82) is 0 Å². The smallest absolute Gasteiger partial charge is 0.360 e. The molecule has 0 amide bonds. The van der Waals surface area contributed by atoms with Crippen LogP contribution in [0.2, 0.25) is 0 Å². The van der Waals surface area contributed by atoms with Crippen LogP contribution >= 0.6 is 0 Å². The zero-order valence-electron chi connectivity index (χ0n) is 7.40. The summed E-state index contributed by atoms with van der Waals surface area (Å²) in [5.74, 6) is -1.00. The van der Waals surface area contributed by atoms with Crippen LogP contribution in [0.1, 0.15) is 5.69 Å². The molecule has 0 atom stereocenters. The second kappa shape index (κ2) is 3.37. The Labute approximate surface area is 83.3 Å². The molecular formula is C8H6N4O3. The van der Waals surface area contributed by atoms with Crippen molar-refractivity contribution in [3.05, 3.63) is 30.4 Å². The summed E-state index contributed by atoms with van der Waals surface area (Å²) in [7, 11) is 0. The molecule has 0 spiro atoms. The molecule has 0 radical (unpaired) electrons. The van der Waals surface area contributed by atoms with Gasteiger partial charge in [-0.15, -0.1) is 0 Å². The van der Waals surface area contributed by atoms with Crippen molar-refractivity contribution in [3.63, 3.8) is 0 Å². The third kappa shape index (κ3) is 1.50. The number of aliphatic carboxylic acids is 1. The average Bonchev–Trinajstić information content (AvgIpc) is 2.61. The number of hydrogen-bond donors (Lipinski definition) is 2. The lowest BCUT2D eigenvalue weighted by atomic mass is 10.3. The molecule has 7 nitrogen and oxygen atoms in total. The van der Waals surface area contributed by atoms with Gasteiger partial charge in [-0.3, -0.25) is 4.40 Å². The second-order valence-corrected chi connectivity index (χ2v) is 2.71. The number of aromatic nitrogens is 3. The van der Waals surface area contributed by atoms with Gasteiger partial charge >= 0.3 is 5.97 Å². The Morgan fingerprint density at radius 2 is 2.33 bits per heavy atom. The zero-order valence-corrected chi connectivity index (χ0v) is 7.40. The predicted molar refractivity (Wildman–Crippen MR) is 48.9 cm³/mol. The highest BCUT2D eigenvalue weighted by Gasteiger charge is 2.17. The van der Waals surface area contributed by atoms with Gasteiger partial charge in [0.05, 0.1) is 0 Å². The predicted octanol–water partition coefficient (Wildman–Crippen LogP) is -0.00780. The van der Waals surface area contributed by atoms with Gasteiger partial charge in [0.2, 0.25) is 11.5 Å². The first kappa shape index (κ1) is 9.13. The van der Waals surface area contributed by atoms with E-state index in [1.54, 1.807) is 12.3 Å². The molecular weight excluding hydrogens is 200 g/mol. The zero-order chi connectivity index (χ0) is 10.8. The van der Waals surface area contributed by atoms with Crippen LogP contribution < -0.4 is 0 Å². The van der Waals surface area contributed by atoms with Crippen molar-refractivity contribution >= 4 is 17.5 Å². The summed E-state index contributed by atoms with van der Waals surface area (Å²) < 4.78 is 1.53. The standard InChI is InChI=1S/C8H6N4O3/c13-7(14)6(11-15)5-4-12-3-1-2-9-8(12)10-5/h1-4,15H,(H,13,14)/b11-6-. The minimum atomic E-state index is -1.35. The lowest BCUT2D eigenvalue weighted by molar-refractivity contribution is -0.129. The molecule has 76 valence electrons. The molecule has 0 saturated heterocycles. The fraction of sp³-hybridized carbons (Fsp3) is 0. The third-order valence-corrected chi connectivity index (χ3v) is 1.78. The third-order valence-electron chi connectivity index (χ3n) is 1.78. The van der Waals surface area contributed by atoms with E-state index in [1.165, 1.54) is 16.8 Å². The summed E-state index contributed by atoms with van der Waals surface area (Å²) >= 11 is 0. The molecule has 2 aromatic heterocycles. The van der Waals surface area contributed by atoms with Crippen molar-refractivity contribution in [1.82, 2.24) is 14.4 Å². The SMILES string of the molecule is O=C(O)/C(=N\O)c1cn2cccnc2n1. The van der Waals surface area contributed by atoms with Gasteiger partial charge in [-0.05, 0) is 6.07 Å². The number of carbonyl (C=O) groups is 1. The minimum absolute atomic E-state index is 0.0590. The van der Waals surface area contributed by atoms with Gasteiger partial charge in [-0.2, -0.15) is 0 Å². The monoisotopic (exact) mass is 206 g/mol. The largest absolute Gasteiger partial charge is 0.476 e. The minimum Gasteiger partial charge on any atom is -0.476 e. The van der Waals surface area contributed by atoms with Gasteiger partial charge in [-0.1, -0.05) is 5.16 Å². The molecule has 0 saturated carbocycles. The molecule has 0 aliphatic rings. The van der Waals surface area contributed by atoms with Gasteiger partial charge in [-0.25, -0.2) is 14.8 Å². The normalized spacial score (nSPS) is 11.9. The average molecular weight is 206 g/mol. The molecule has 0 aliphatic carbocycles. The van der Waals surface area contributed by atoms with E-state index in [-0.39, 0.29) is 5.69 Å². The Kier molecular flexibility index (Phi) is 2.05. The van der Waals surface area contributed by atoms with Crippen LogP contribution in [0.5, 0.6) is 0 Å². The molecule has 2 heterocycles. The van der Waals surface area contributed by atoms with Gasteiger partial charge in [0.15, 0.2) is 0 Å². The number of fused-ring (bicyclic) bond motifs is 1. The molecule has 0 unspecified atom stereocenters. The summed E-state index contributed by atoms with van der Waals surface area (Å²) in [5, 5.41) is 19.9. The highest BCUT2D eigenvalue weighted by Crippen LogP contribution is 2.03. The Morgan fingerprint density at radius 1 is 1.53 bits per heavy atom. The Morgan fingerprint density at radius 3 is 2.93 bits per heavy atom. The first-order chi connectivity index (χ1) is 7.22. The molecule has 0 bridgehead atoms. The molecule has 0 aliphatic heterocycles. The van der Waals surface area contributed by atoms with Crippen LogP contribution in [0, 0.1) is 0 Å². The Bertz CT molecular complexity index is 513. The van der Waals surface area contributed by atoms with Crippen molar-refractivity contribution in [2.75, 3.05) is 0 Å². The second-order valence-electron chi connectivity index (χ2n) is 2.71. The van der Waals surface area contributed by atoms with Crippen LogP contribution in [0.15, 0.2) is 29.8 Å². The molecule has 2 aromatic rings. The molecule has 2 N–H and O–H groups in total. The van der Waals surface area contributed by atoms with Crippen molar-refractivity contribution in [2.24, 2.45) is 5.16 Å². The van der Waals surface area contributed by atoms with E-state index >= 15 is 0 Å². The van der Waals surface area contributed by atoms with Crippen LogP contribution in [-0.4, -0.2) is 36.4 Å². The lowest BCUT2D eigenvalue weighted by Gasteiger charge is -1.90. The maximum absolute atomic E-state index is 10.6. The Balaban J connectivity index is 2.58. The highest BCUT2D eigenvalue weighted by molar-refractivity contribution is 6.41. The highest BCUT2D eigenvalue weighted by atomic mass is 16.4. The molecule has 15 heavy (non-hydrogen) atoms. The maximum atomic E-state index is 10.6. The summed E-state index contributed by atoms with van der Waals surface area (Å²) in [4.78, 5) is 18.4. The van der Waals surface area contributed by atoms with Crippen LogP contribution in [-0.2, 0) is 4.79 Å². The topological polar surface area (TPSA) is 100 Å². The number of hydrogen-bond acceptors (Lipinski definition) is 5. The van der Waals surface area contributed by atoms with Crippen molar-refractivity contribution in [3.8, 4) is 0 Å². The van der Waals surface area contributed by atoms with E-state index in [2.05, 4.69) is 15.1 Å². The van der Waals surface area contributed by atoms with Crippen molar-refractivity contribution in [2.45, 2.75) is 0 Å². The van der Waals surface area contributed by atoms with Crippen LogP contribution in [0.25, 0.3) is 5.78 Å². The van der Waals surface area contributed by atoms with E-state index in [0.29, 0.717) is 5.78 Å². The van der Waals surface area contributed by atoms with Crippen LogP contribution in [0.3, 0.4) is 0 Å². The maximum Gasteiger partial charge on any atom is 0.360 e. The number of imidazole rings is 1. The number of rotatable bonds is 2. The number of carboxylic acid groups (broad SMARTS) is 1. The number of carboxylic acids is 1. The molecule has 7 heteroatoms. The summed E-state index contributed by atoms with van der Waals surface area (Å²) in [6, 6.07) is 1.68. The van der Waals surface area contributed by atoms with E-state index in [1.807, 2.05) is 0 Å². The summed E-state index contributed by atoms with van der Waals surface area (Å²) in [5.41, 5.74) is -0.454. The quantitative estimate of drug-likeness (QED) is 0.409. The number of nitrogens with zero attached hydrogens (tertiary/aromatic N) is 4. The first-order valence-electron chi connectivity index (χ1n) is 3.98. The van der Waals surface area contributed by atoms with Crippen LogP contribution in [0.4, 0.5) is 0 Å². The van der Waals surface area contributed by atoms with E-state index in [4.69, 9.17) is 10.3 Å². The van der Waals surface area contributed by atoms with Gasteiger partial charge < -0.3 is 10.3 Å². The first-order valence-corrected chi connectivity index (χ1v) is 3.98. The van der Waals surface area contributed by atoms with Gasteiger partial charge in [0.25, 0.3) is 0 Å². The summed E-state index contributed by atoms with van der Waals surface area (Å²) in [6.45, 7) is 0. The molecule has 0 fully saturated rings. The van der Waals surface area contributed by atoms with E-state index < -0.39 is 11.7 Å². The fourth-order valence-electron chi connectivity index (χ4n) is 1.15. The van der Waals surface area contributed by atoms with Gasteiger partial charge in [0.1, 0.15) is 5.69 Å². The Hall–Kier alpha value is -2.44. The summed E-state index contributed by atoms with van der Waals surface area (Å²) in [6.07, 6.45) is 4.61. The fourth-order valence-corrected chi connectivity index (χ4v) is 1.15. The van der Waals surface area contributed by atoms with Gasteiger partial charge in [0, 0.05) is 18.6 Å². The molecule has 2 rings (SSSR count). The lowest BCUT2D eigenvalue weighted by Crippen LogP contribution is -2.14. The van der Waals surface area contributed by atoms with E-state index in [0.717, 1.165) is 0 Å². The number of oxime groups is 1. The van der Waals surface area contributed by atoms with E-state index in [9.17, 15) is 4.79 Å². The molecule has 0 aromatic carbocycles. The van der Waals surface area contributed by atoms with Crippen molar-refractivity contribution < 1.29 is 15.1 Å².